The second-order valence-electron chi connectivity index (χ2n) is 5.85. The summed E-state index contributed by atoms with van der Waals surface area (Å²) in [6.45, 7) is 1.87. The normalized spacial score (nSPS) is 10.7. The van der Waals surface area contributed by atoms with E-state index in [1.54, 1.807) is 28.8 Å². The number of carbonyl (C=O) groups excluding carboxylic acids is 2. The molecule has 0 aliphatic carbocycles. The maximum Gasteiger partial charge on any atom is 0.358 e. The van der Waals surface area contributed by atoms with Crippen molar-refractivity contribution >= 4 is 34.4 Å². The van der Waals surface area contributed by atoms with Gasteiger partial charge in [-0.15, -0.1) is 11.3 Å². The molecule has 4 nitrogen and oxygen atoms in total. The van der Waals surface area contributed by atoms with Crippen LogP contribution in [0.2, 0.25) is 0 Å². The second kappa shape index (κ2) is 8.87. The predicted octanol–water partition coefficient (Wildman–Crippen LogP) is 5.25. The van der Waals surface area contributed by atoms with Crippen LogP contribution in [-0.2, 0) is 11.2 Å². The molecule has 1 aromatic carbocycles. The van der Waals surface area contributed by atoms with Gasteiger partial charge in [0.15, 0.2) is 18.1 Å². The van der Waals surface area contributed by atoms with Gasteiger partial charge in [0, 0.05) is 21.9 Å². The minimum absolute atomic E-state index is 0.214. The van der Waals surface area contributed by atoms with Crippen LogP contribution in [0.25, 0.3) is 10.6 Å². The topological polar surface area (TPSA) is 56.3 Å². The minimum Gasteiger partial charge on any atom is -0.453 e. The fraction of sp³-hybridized carbons (Fsp3) is 0.250. The number of thiazole rings is 1. The molecular weight excluding hydrogens is 366 g/mol. The molecule has 0 fully saturated rings. The summed E-state index contributed by atoms with van der Waals surface area (Å²) in [7, 11) is 0. The Morgan fingerprint density at radius 3 is 2.62 bits per heavy atom. The summed E-state index contributed by atoms with van der Waals surface area (Å²) in [4.78, 5) is 28.6. The maximum absolute atomic E-state index is 12.2. The Morgan fingerprint density at radius 1 is 1.12 bits per heavy atom. The van der Waals surface area contributed by atoms with Crippen molar-refractivity contribution in [3.05, 3.63) is 63.3 Å². The number of hydrogen-bond acceptors (Lipinski definition) is 6. The molecule has 2 aromatic heterocycles. The van der Waals surface area contributed by atoms with Gasteiger partial charge in [0.05, 0.1) is 0 Å². The first kappa shape index (κ1) is 18.5. The van der Waals surface area contributed by atoms with E-state index in [-0.39, 0.29) is 18.1 Å². The lowest BCUT2D eigenvalue weighted by molar-refractivity contribution is 0.0470. The zero-order chi connectivity index (χ0) is 18.4. The van der Waals surface area contributed by atoms with Crippen molar-refractivity contribution in [3.8, 4) is 10.6 Å². The number of unbranched alkanes of at least 4 members (excludes halogenated alkanes) is 1. The highest BCUT2D eigenvalue weighted by Crippen LogP contribution is 2.25. The molecule has 3 rings (SSSR count). The van der Waals surface area contributed by atoms with E-state index in [1.165, 1.54) is 16.9 Å². The molecule has 0 aliphatic rings. The third kappa shape index (κ3) is 4.65. The van der Waals surface area contributed by atoms with Crippen molar-refractivity contribution in [1.82, 2.24) is 4.98 Å². The zero-order valence-electron chi connectivity index (χ0n) is 14.4. The molecule has 0 amide bonds. The Kier molecular flexibility index (Phi) is 6.30. The van der Waals surface area contributed by atoms with Gasteiger partial charge < -0.3 is 4.74 Å². The number of carbonyl (C=O) groups is 2. The van der Waals surface area contributed by atoms with E-state index in [4.69, 9.17) is 4.74 Å². The molecule has 6 heteroatoms. The molecule has 0 saturated heterocycles. The molecule has 0 saturated carbocycles. The molecule has 0 unspecified atom stereocenters. The van der Waals surface area contributed by atoms with E-state index in [0.717, 1.165) is 29.8 Å². The van der Waals surface area contributed by atoms with Crippen LogP contribution in [0.15, 0.2) is 46.5 Å². The summed E-state index contributed by atoms with van der Waals surface area (Å²) in [5, 5.41) is 6.36. The summed E-state index contributed by atoms with van der Waals surface area (Å²) < 4.78 is 5.13. The number of ether oxygens (including phenoxy) is 1. The van der Waals surface area contributed by atoms with Gasteiger partial charge in [0.2, 0.25) is 0 Å². The van der Waals surface area contributed by atoms with Crippen molar-refractivity contribution in [2.45, 2.75) is 26.2 Å². The average molecular weight is 386 g/mol. The van der Waals surface area contributed by atoms with Crippen LogP contribution in [0.4, 0.5) is 0 Å². The smallest absolute Gasteiger partial charge is 0.358 e. The van der Waals surface area contributed by atoms with Crippen molar-refractivity contribution in [3.63, 3.8) is 0 Å². The van der Waals surface area contributed by atoms with Crippen molar-refractivity contribution < 1.29 is 14.3 Å². The Bertz CT molecular complexity index is 867. The third-order valence-corrected chi connectivity index (χ3v) is 5.49. The lowest BCUT2D eigenvalue weighted by atomic mass is 10.0. The number of aryl methyl sites for hydroxylation is 1. The molecule has 0 N–H and O–H groups in total. The fourth-order valence-corrected chi connectivity index (χ4v) is 3.91. The van der Waals surface area contributed by atoms with Crippen LogP contribution >= 0.6 is 22.7 Å². The van der Waals surface area contributed by atoms with E-state index in [2.05, 4.69) is 11.9 Å². The molecule has 2 heterocycles. The quantitative estimate of drug-likeness (QED) is 0.392. The van der Waals surface area contributed by atoms with Crippen LogP contribution in [0.1, 0.15) is 46.2 Å². The number of aromatic nitrogens is 1. The van der Waals surface area contributed by atoms with E-state index < -0.39 is 5.97 Å². The van der Waals surface area contributed by atoms with Crippen LogP contribution < -0.4 is 0 Å². The highest BCUT2D eigenvalue weighted by atomic mass is 32.1. The third-order valence-electron chi connectivity index (χ3n) is 3.91. The summed E-state index contributed by atoms with van der Waals surface area (Å²) in [6.07, 6.45) is 3.28. The molecule has 26 heavy (non-hydrogen) atoms. The largest absolute Gasteiger partial charge is 0.453 e. The number of thiophene rings is 1. The van der Waals surface area contributed by atoms with E-state index in [9.17, 15) is 9.59 Å². The zero-order valence-corrected chi connectivity index (χ0v) is 16.1. The Morgan fingerprint density at radius 2 is 1.92 bits per heavy atom. The van der Waals surface area contributed by atoms with Crippen molar-refractivity contribution in [1.29, 1.82) is 0 Å². The van der Waals surface area contributed by atoms with Gasteiger partial charge in [0.25, 0.3) is 0 Å². The summed E-state index contributed by atoms with van der Waals surface area (Å²) in [6, 6.07) is 9.44. The lowest BCUT2D eigenvalue weighted by Crippen LogP contribution is -2.14. The lowest BCUT2D eigenvalue weighted by Gasteiger charge is -2.04. The molecular formula is C20H19NO3S2. The first-order chi connectivity index (χ1) is 12.7. The van der Waals surface area contributed by atoms with Crippen LogP contribution in [0.5, 0.6) is 0 Å². The van der Waals surface area contributed by atoms with Gasteiger partial charge in [-0.05, 0) is 29.9 Å². The Hall–Kier alpha value is -2.31. The van der Waals surface area contributed by atoms with Gasteiger partial charge >= 0.3 is 5.97 Å². The number of Topliss-reactive ketones (excluding diaryl/α,β-unsaturated/α-hetero) is 1. The number of benzene rings is 1. The Balaban J connectivity index is 1.55. The van der Waals surface area contributed by atoms with Gasteiger partial charge in [-0.25, -0.2) is 9.78 Å². The maximum atomic E-state index is 12.2. The van der Waals surface area contributed by atoms with Crippen molar-refractivity contribution in [2.75, 3.05) is 6.61 Å². The van der Waals surface area contributed by atoms with E-state index in [0.29, 0.717) is 5.56 Å². The molecule has 0 bridgehead atoms. The van der Waals surface area contributed by atoms with E-state index in [1.807, 2.05) is 29.0 Å². The molecule has 0 radical (unpaired) electrons. The highest BCUT2D eigenvalue weighted by Gasteiger charge is 2.16. The number of hydrogen-bond donors (Lipinski definition) is 0. The number of esters is 1. The standard InChI is InChI=1S/C20H19NO3S2/c1-2-3-4-14-5-7-15(8-6-14)18(22)11-24-20(23)17-13-26-19(21-17)16-9-10-25-12-16/h5-10,12-13H,2-4,11H2,1H3. The van der Waals surface area contributed by atoms with Gasteiger partial charge in [-0.3, -0.25) is 4.79 Å². The van der Waals surface area contributed by atoms with Crippen LogP contribution in [-0.4, -0.2) is 23.3 Å². The summed E-state index contributed by atoms with van der Waals surface area (Å²) >= 11 is 2.96. The summed E-state index contributed by atoms with van der Waals surface area (Å²) in [5.74, 6) is -0.788. The number of rotatable bonds is 8. The molecule has 0 aliphatic heterocycles. The van der Waals surface area contributed by atoms with Crippen LogP contribution in [0, 0.1) is 0 Å². The van der Waals surface area contributed by atoms with Gasteiger partial charge in [-0.1, -0.05) is 37.6 Å². The minimum atomic E-state index is -0.573. The average Bonchev–Trinajstić information content (AvgIpc) is 3.36. The second-order valence-corrected chi connectivity index (χ2v) is 7.49. The number of ketones is 1. The number of nitrogens with zero attached hydrogens (tertiary/aromatic N) is 1. The molecule has 134 valence electrons. The molecule has 3 aromatic rings. The Labute approximate surface area is 160 Å². The highest BCUT2D eigenvalue weighted by molar-refractivity contribution is 7.14. The summed E-state index contributed by atoms with van der Waals surface area (Å²) in [5.41, 5.74) is 2.98. The van der Waals surface area contributed by atoms with Gasteiger partial charge in [0.1, 0.15) is 5.01 Å². The monoisotopic (exact) mass is 385 g/mol. The van der Waals surface area contributed by atoms with Gasteiger partial charge in [-0.2, -0.15) is 11.3 Å². The SMILES string of the molecule is CCCCc1ccc(C(=O)COC(=O)c2csc(-c3ccsc3)n2)cc1. The van der Waals surface area contributed by atoms with Crippen molar-refractivity contribution in [2.24, 2.45) is 0 Å². The first-order valence-corrected chi connectivity index (χ1v) is 10.3. The molecule has 0 atom stereocenters. The van der Waals surface area contributed by atoms with Crippen LogP contribution in [0.3, 0.4) is 0 Å². The molecule has 0 spiro atoms. The first-order valence-electron chi connectivity index (χ1n) is 8.44. The fourth-order valence-electron chi connectivity index (χ4n) is 2.41. The predicted molar refractivity (Wildman–Crippen MR) is 105 cm³/mol. The van der Waals surface area contributed by atoms with E-state index >= 15 is 0 Å².